The van der Waals surface area contributed by atoms with Gasteiger partial charge in [-0.15, -0.1) is 10.2 Å². The number of nitrogens with one attached hydrogen (secondary N) is 2. The summed E-state index contributed by atoms with van der Waals surface area (Å²) in [5.74, 6) is 0.225. The minimum Gasteiger partial charge on any atom is -0.351 e. The van der Waals surface area contributed by atoms with E-state index < -0.39 is 0 Å². The van der Waals surface area contributed by atoms with Crippen molar-refractivity contribution in [2.45, 2.75) is 19.8 Å². The molecule has 0 fully saturated rings. The number of amides is 1. The van der Waals surface area contributed by atoms with E-state index in [-0.39, 0.29) is 27.4 Å². The number of carbonyl (C=O) groups is 1. The van der Waals surface area contributed by atoms with Crippen LogP contribution in [0.15, 0.2) is 79.3 Å². The lowest BCUT2D eigenvalue weighted by Gasteiger charge is -2.17. The Morgan fingerprint density at radius 3 is 2.49 bits per heavy atom. The van der Waals surface area contributed by atoms with Crippen molar-refractivity contribution in [3.05, 3.63) is 117 Å². The molecule has 9 heteroatoms. The van der Waals surface area contributed by atoms with Crippen molar-refractivity contribution >= 4 is 45.8 Å². The van der Waals surface area contributed by atoms with Crippen molar-refractivity contribution in [3.8, 4) is 11.1 Å². The van der Waals surface area contributed by atoms with Gasteiger partial charge in [0, 0.05) is 12.7 Å². The molecule has 0 saturated heterocycles. The topological polar surface area (TPSA) is 88.0 Å². The Hall–Kier alpha value is -4.20. The summed E-state index contributed by atoms with van der Waals surface area (Å²) in [7, 11) is 0. The van der Waals surface area contributed by atoms with Gasteiger partial charge in [-0.2, -0.15) is 0 Å². The van der Waals surface area contributed by atoms with Gasteiger partial charge in [0.2, 0.25) is 0 Å². The van der Waals surface area contributed by atoms with Crippen LogP contribution in [0.2, 0.25) is 10.0 Å². The number of imidazole rings is 1. The van der Waals surface area contributed by atoms with E-state index in [1.807, 2.05) is 53.1 Å². The summed E-state index contributed by atoms with van der Waals surface area (Å²) in [5, 5.41) is 11.5. The molecule has 1 atom stereocenters. The number of aryl methyl sites for hydroxylation is 2. The van der Waals surface area contributed by atoms with Gasteiger partial charge in [-0.05, 0) is 78.1 Å². The van der Waals surface area contributed by atoms with Gasteiger partial charge in [-0.25, -0.2) is 4.98 Å². The van der Waals surface area contributed by atoms with Crippen LogP contribution in [0.4, 0.5) is 0 Å². The van der Waals surface area contributed by atoms with E-state index in [2.05, 4.69) is 46.5 Å². The predicted molar refractivity (Wildman–Crippen MR) is 155 cm³/mol. The number of benzene rings is 3. The second kappa shape index (κ2) is 10.2. The maximum atomic E-state index is 13.4. The van der Waals surface area contributed by atoms with Gasteiger partial charge in [0.1, 0.15) is 12.2 Å². The molecule has 39 heavy (non-hydrogen) atoms. The number of pyridine rings is 1. The van der Waals surface area contributed by atoms with Crippen LogP contribution in [0.25, 0.3) is 27.8 Å². The molecule has 194 valence electrons. The number of fused-ring (bicyclic) bond motifs is 2. The third-order valence-corrected chi connectivity index (χ3v) is 7.60. The number of H-pyrrole nitrogens is 1. The number of hydrogen-bond donors (Lipinski definition) is 2. The highest BCUT2D eigenvalue weighted by Gasteiger charge is 2.22. The molecule has 0 aliphatic heterocycles. The number of rotatable bonds is 6. The fourth-order valence-corrected chi connectivity index (χ4v) is 5.41. The highest BCUT2D eigenvalue weighted by Crippen LogP contribution is 2.32. The average Bonchev–Trinajstić information content (AvgIpc) is 3.55. The van der Waals surface area contributed by atoms with E-state index in [9.17, 15) is 4.79 Å². The first-order chi connectivity index (χ1) is 18.9. The second-order valence-corrected chi connectivity index (χ2v) is 10.4. The Balaban J connectivity index is 1.28. The lowest BCUT2D eigenvalue weighted by molar-refractivity contribution is 0.0952. The Labute approximate surface area is 234 Å². The second-order valence-electron chi connectivity index (χ2n) is 9.58. The summed E-state index contributed by atoms with van der Waals surface area (Å²) in [4.78, 5) is 21.7. The molecular weight excluding hydrogens is 531 g/mol. The molecule has 3 aromatic carbocycles. The van der Waals surface area contributed by atoms with Crippen molar-refractivity contribution in [2.24, 2.45) is 0 Å². The van der Waals surface area contributed by atoms with Crippen LogP contribution in [0.5, 0.6) is 0 Å². The monoisotopic (exact) mass is 554 g/mol. The Bertz CT molecular complexity index is 1780. The number of hydrogen-bond acceptors (Lipinski definition) is 4. The number of carbonyl (C=O) groups excluding carboxylic acids is 1. The zero-order valence-electron chi connectivity index (χ0n) is 21.2. The lowest BCUT2D eigenvalue weighted by Crippen LogP contribution is -2.29. The van der Waals surface area contributed by atoms with Crippen LogP contribution in [0.3, 0.4) is 0 Å². The van der Waals surface area contributed by atoms with Gasteiger partial charge in [-0.3, -0.25) is 9.20 Å². The van der Waals surface area contributed by atoms with Crippen molar-refractivity contribution in [1.29, 1.82) is 0 Å². The summed E-state index contributed by atoms with van der Waals surface area (Å²) in [5.41, 5.74) is 7.88. The summed E-state index contributed by atoms with van der Waals surface area (Å²) in [6, 6.07) is 21.4. The molecule has 1 amide bonds. The number of halogens is 2. The average molecular weight is 555 g/mol. The molecule has 3 aromatic heterocycles. The molecule has 1 unspecified atom stereocenters. The van der Waals surface area contributed by atoms with Crippen LogP contribution in [0.1, 0.15) is 38.8 Å². The molecular formula is C30H24Cl2N6O. The van der Waals surface area contributed by atoms with E-state index in [1.165, 1.54) is 11.1 Å². The number of nitrogens with zero attached hydrogens (tertiary/aromatic N) is 4. The Kier molecular flexibility index (Phi) is 6.54. The first-order valence-corrected chi connectivity index (χ1v) is 13.2. The van der Waals surface area contributed by atoms with Crippen LogP contribution in [-0.4, -0.2) is 37.0 Å². The SMILES string of the molecule is Cc1cc2nc(C(CNC(=O)c3c(Cl)cc(-c4ccc5nncn5c4)cc3Cl)c3ccccc3)[nH]c2cc1C. The van der Waals surface area contributed by atoms with Crippen LogP contribution in [0, 0.1) is 13.8 Å². The first kappa shape index (κ1) is 25.1. The van der Waals surface area contributed by atoms with Crippen molar-refractivity contribution in [1.82, 2.24) is 29.9 Å². The summed E-state index contributed by atoms with van der Waals surface area (Å²) in [6.07, 6.45) is 3.51. The summed E-state index contributed by atoms with van der Waals surface area (Å²) >= 11 is 13.2. The van der Waals surface area contributed by atoms with Crippen molar-refractivity contribution in [3.63, 3.8) is 0 Å². The molecule has 0 radical (unpaired) electrons. The predicted octanol–water partition coefficient (Wildman–Crippen LogP) is 6.76. The van der Waals surface area contributed by atoms with E-state index in [0.717, 1.165) is 39.2 Å². The molecule has 6 rings (SSSR count). The van der Waals surface area contributed by atoms with Gasteiger partial charge < -0.3 is 10.3 Å². The van der Waals surface area contributed by atoms with E-state index in [1.54, 1.807) is 18.5 Å². The summed E-state index contributed by atoms with van der Waals surface area (Å²) < 4.78 is 1.81. The highest BCUT2D eigenvalue weighted by atomic mass is 35.5. The van der Waals surface area contributed by atoms with Gasteiger partial charge in [0.15, 0.2) is 5.65 Å². The van der Waals surface area contributed by atoms with Crippen LogP contribution < -0.4 is 5.32 Å². The van der Waals surface area contributed by atoms with E-state index >= 15 is 0 Å². The molecule has 0 spiro atoms. The van der Waals surface area contributed by atoms with Gasteiger partial charge in [-0.1, -0.05) is 53.5 Å². The molecule has 3 heterocycles. The lowest BCUT2D eigenvalue weighted by atomic mass is 9.98. The van der Waals surface area contributed by atoms with E-state index in [4.69, 9.17) is 28.2 Å². The third-order valence-electron chi connectivity index (χ3n) is 7.01. The smallest absolute Gasteiger partial charge is 0.254 e. The zero-order valence-corrected chi connectivity index (χ0v) is 22.8. The quantitative estimate of drug-likeness (QED) is 0.238. The minimum absolute atomic E-state index is 0.199. The molecule has 0 saturated carbocycles. The zero-order chi connectivity index (χ0) is 27.1. The molecule has 0 aliphatic carbocycles. The van der Waals surface area contributed by atoms with Crippen LogP contribution >= 0.6 is 23.2 Å². The van der Waals surface area contributed by atoms with Gasteiger partial charge in [0.05, 0.1) is 32.6 Å². The van der Waals surface area contributed by atoms with Crippen LogP contribution in [-0.2, 0) is 0 Å². The fourth-order valence-electron chi connectivity index (χ4n) is 4.75. The maximum Gasteiger partial charge on any atom is 0.254 e. The fraction of sp³-hybridized carbons (Fsp3) is 0.133. The molecule has 0 bridgehead atoms. The third kappa shape index (κ3) is 4.87. The van der Waals surface area contributed by atoms with Gasteiger partial charge >= 0.3 is 0 Å². The van der Waals surface area contributed by atoms with E-state index in [0.29, 0.717) is 6.54 Å². The largest absolute Gasteiger partial charge is 0.351 e. The molecule has 7 nitrogen and oxygen atoms in total. The summed E-state index contributed by atoms with van der Waals surface area (Å²) in [6.45, 7) is 4.46. The van der Waals surface area contributed by atoms with Gasteiger partial charge in [0.25, 0.3) is 5.91 Å². The maximum absolute atomic E-state index is 13.4. The standard InChI is InChI=1S/C30H24Cl2N6O/c1-17-10-25-26(11-18(17)2)36-29(35-25)22(19-6-4-3-5-7-19)14-33-30(39)28-23(31)12-21(13-24(28)32)20-8-9-27-37-34-16-38(27)15-20/h3-13,15-16,22H,14H2,1-2H3,(H,33,39)(H,35,36). The first-order valence-electron chi connectivity index (χ1n) is 12.5. The molecule has 0 aliphatic rings. The number of aromatic amines is 1. The molecule has 6 aromatic rings. The Morgan fingerprint density at radius 2 is 1.72 bits per heavy atom. The Morgan fingerprint density at radius 1 is 0.974 bits per heavy atom. The van der Waals surface area contributed by atoms with Crippen molar-refractivity contribution in [2.75, 3.05) is 6.54 Å². The van der Waals surface area contributed by atoms with Crippen molar-refractivity contribution < 1.29 is 4.79 Å². The normalized spacial score (nSPS) is 12.2. The molecule has 2 N–H and O–H groups in total. The highest BCUT2D eigenvalue weighted by molar-refractivity contribution is 6.40. The number of aromatic nitrogens is 5. The minimum atomic E-state index is -0.352.